The molecule has 0 aliphatic carbocycles. The van der Waals surface area contributed by atoms with Crippen LogP contribution in [0.2, 0.25) is 0 Å². The molecule has 2 aromatic carbocycles. The minimum atomic E-state index is -0.619. The number of benzene rings is 2. The molecule has 8 nitrogen and oxygen atoms in total. The molecule has 1 amide bonds. The van der Waals surface area contributed by atoms with Crippen molar-refractivity contribution >= 4 is 39.0 Å². The lowest BCUT2D eigenvalue weighted by Gasteiger charge is -2.13. The van der Waals surface area contributed by atoms with Gasteiger partial charge in [-0.1, -0.05) is 35.8 Å². The van der Waals surface area contributed by atoms with Gasteiger partial charge in [0.05, 0.1) is 24.2 Å². The molecule has 3 rings (SSSR count). The third kappa shape index (κ3) is 4.51. The molecule has 9 heteroatoms. The van der Waals surface area contributed by atoms with Crippen LogP contribution in [0.25, 0.3) is 10.9 Å². The lowest BCUT2D eigenvalue weighted by Crippen LogP contribution is -2.23. The van der Waals surface area contributed by atoms with Crippen molar-refractivity contribution in [1.29, 1.82) is 0 Å². The highest BCUT2D eigenvalue weighted by Gasteiger charge is 2.15. The Bertz CT molecular complexity index is 1190. The maximum Gasteiger partial charge on any atom is 0.282 e. The normalized spacial score (nSPS) is 11.4. The Morgan fingerprint density at radius 3 is 2.77 bits per heavy atom. The standard InChI is InChI=1S/C21H21BrN4O4/c1-12(2)20-25-16-8-7-14(22)9-15(16)21(28)26(20)24-10-13-5-4-6-17(29-3)19(13)30-11-18(23)27/h4-10,12H,11H2,1-3H3,(H2,23,27). The number of hydrogen-bond acceptors (Lipinski definition) is 6. The maximum absolute atomic E-state index is 13.1. The second-order valence-corrected chi connectivity index (χ2v) is 7.70. The van der Waals surface area contributed by atoms with E-state index in [1.54, 1.807) is 30.3 Å². The number of para-hydroxylation sites is 1. The summed E-state index contributed by atoms with van der Waals surface area (Å²) in [6.45, 7) is 3.56. The number of halogens is 1. The molecule has 0 saturated carbocycles. The number of fused-ring (bicyclic) bond motifs is 1. The molecule has 0 aliphatic heterocycles. The van der Waals surface area contributed by atoms with Crippen LogP contribution in [0, 0.1) is 0 Å². The van der Waals surface area contributed by atoms with E-state index in [0.29, 0.717) is 33.8 Å². The molecule has 0 radical (unpaired) electrons. The number of ether oxygens (including phenoxy) is 2. The van der Waals surface area contributed by atoms with Crippen molar-refractivity contribution < 1.29 is 14.3 Å². The van der Waals surface area contributed by atoms with Crippen molar-refractivity contribution in [3.05, 3.63) is 62.6 Å². The van der Waals surface area contributed by atoms with Gasteiger partial charge in [-0.3, -0.25) is 9.59 Å². The highest BCUT2D eigenvalue weighted by Crippen LogP contribution is 2.30. The fraction of sp³-hybridized carbons (Fsp3) is 0.238. The monoisotopic (exact) mass is 472 g/mol. The Labute approximate surface area is 181 Å². The summed E-state index contributed by atoms with van der Waals surface area (Å²) in [5.41, 5.74) is 6.02. The summed E-state index contributed by atoms with van der Waals surface area (Å²) in [6.07, 6.45) is 1.47. The van der Waals surface area contributed by atoms with Gasteiger partial charge < -0.3 is 15.2 Å². The minimum Gasteiger partial charge on any atom is -0.493 e. The first-order valence-electron chi connectivity index (χ1n) is 9.16. The summed E-state index contributed by atoms with van der Waals surface area (Å²) in [4.78, 5) is 28.9. The topological polar surface area (TPSA) is 109 Å². The van der Waals surface area contributed by atoms with Crippen molar-refractivity contribution in [1.82, 2.24) is 9.66 Å². The van der Waals surface area contributed by atoms with Gasteiger partial charge in [-0.15, -0.1) is 0 Å². The van der Waals surface area contributed by atoms with Crippen LogP contribution in [0.1, 0.15) is 31.2 Å². The Morgan fingerprint density at radius 1 is 1.33 bits per heavy atom. The fourth-order valence-electron chi connectivity index (χ4n) is 2.86. The van der Waals surface area contributed by atoms with Crippen molar-refractivity contribution in [2.24, 2.45) is 10.8 Å². The molecule has 0 unspecified atom stereocenters. The van der Waals surface area contributed by atoms with Crippen molar-refractivity contribution in [2.45, 2.75) is 19.8 Å². The Balaban J connectivity index is 2.14. The van der Waals surface area contributed by atoms with Crippen LogP contribution in [-0.2, 0) is 4.79 Å². The molecule has 0 aliphatic rings. The van der Waals surface area contributed by atoms with Crippen molar-refractivity contribution in [3.63, 3.8) is 0 Å². The number of methoxy groups -OCH3 is 1. The summed E-state index contributed by atoms with van der Waals surface area (Å²) < 4.78 is 12.9. The van der Waals surface area contributed by atoms with Gasteiger partial charge in [-0.2, -0.15) is 9.78 Å². The number of carbonyl (C=O) groups is 1. The number of aromatic nitrogens is 2. The minimum absolute atomic E-state index is 0.0428. The molecule has 156 valence electrons. The maximum atomic E-state index is 13.1. The van der Waals surface area contributed by atoms with Crippen LogP contribution in [0.4, 0.5) is 0 Å². The summed E-state index contributed by atoms with van der Waals surface area (Å²) in [7, 11) is 1.49. The second-order valence-electron chi connectivity index (χ2n) is 6.78. The van der Waals surface area contributed by atoms with E-state index in [1.165, 1.54) is 18.0 Å². The van der Waals surface area contributed by atoms with Gasteiger partial charge in [0, 0.05) is 16.0 Å². The van der Waals surface area contributed by atoms with E-state index in [4.69, 9.17) is 15.2 Å². The number of amides is 1. The van der Waals surface area contributed by atoms with Crippen LogP contribution in [0.15, 0.2) is 50.8 Å². The molecule has 1 aromatic heterocycles. The van der Waals surface area contributed by atoms with Crippen molar-refractivity contribution in [2.75, 3.05) is 13.7 Å². The molecule has 0 fully saturated rings. The Morgan fingerprint density at radius 2 is 2.10 bits per heavy atom. The number of rotatable bonds is 7. The SMILES string of the molecule is COc1cccc(C=Nn2c(C(C)C)nc3ccc(Br)cc3c2=O)c1OCC(N)=O. The lowest BCUT2D eigenvalue weighted by atomic mass is 10.2. The third-order valence-corrected chi connectivity index (χ3v) is 4.74. The van der Waals surface area contributed by atoms with Gasteiger partial charge in [0.15, 0.2) is 18.1 Å². The highest BCUT2D eigenvalue weighted by molar-refractivity contribution is 9.10. The molecule has 1 heterocycles. The van der Waals surface area contributed by atoms with E-state index < -0.39 is 5.91 Å². The number of primary amides is 1. The highest BCUT2D eigenvalue weighted by atomic mass is 79.9. The van der Waals surface area contributed by atoms with Gasteiger partial charge in [0.25, 0.3) is 11.5 Å². The van der Waals surface area contributed by atoms with E-state index in [0.717, 1.165) is 4.47 Å². The molecule has 0 spiro atoms. The fourth-order valence-corrected chi connectivity index (χ4v) is 3.23. The van der Waals surface area contributed by atoms with Crippen LogP contribution in [0.5, 0.6) is 11.5 Å². The Kier molecular flexibility index (Phi) is 6.51. The van der Waals surface area contributed by atoms with E-state index in [-0.39, 0.29) is 18.1 Å². The molecule has 0 saturated heterocycles. The quantitative estimate of drug-likeness (QED) is 0.531. The zero-order chi connectivity index (χ0) is 21.8. The van der Waals surface area contributed by atoms with Crippen LogP contribution in [-0.4, -0.2) is 35.5 Å². The first-order valence-corrected chi connectivity index (χ1v) is 9.95. The molecular weight excluding hydrogens is 452 g/mol. The first kappa shape index (κ1) is 21.5. The third-order valence-electron chi connectivity index (χ3n) is 4.25. The molecule has 0 atom stereocenters. The summed E-state index contributed by atoms with van der Waals surface area (Å²) >= 11 is 3.39. The number of nitrogens with zero attached hydrogens (tertiary/aromatic N) is 3. The molecule has 3 aromatic rings. The number of nitrogens with two attached hydrogens (primary N) is 1. The van der Waals surface area contributed by atoms with Crippen LogP contribution >= 0.6 is 15.9 Å². The predicted octanol–water partition coefficient (Wildman–Crippen LogP) is 3.04. The van der Waals surface area contributed by atoms with E-state index in [2.05, 4.69) is 26.0 Å². The van der Waals surface area contributed by atoms with Gasteiger partial charge in [-0.25, -0.2) is 4.98 Å². The number of carbonyl (C=O) groups excluding carboxylic acids is 1. The average molecular weight is 473 g/mol. The smallest absolute Gasteiger partial charge is 0.282 e. The van der Waals surface area contributed by atoms with E-state index in [1.807, 2.05) is 19.9 Å². The summed E-state index contributed by atoms with van der Waals surface area (Å²) in [5.74, 6) is 0.578. The summed E-state index contributed by atoms with van der Waals surface area (Å²) in [6, 6.07) is 10.5. The van der Waals surface area contributed by atoms with E-state index in [9.17, 15) is 9.59 Å². The lowest BCUT2D eigenvalue weighted by molar-refractivity contribution is -0.119. The van der Waals surface area contributed by atoms with Gasteiger partial charge in [0.2, 0.25) is 0 Å². The van der Waals surface area contributed by atoms with Gasteiger partial charge in [-0.05, 0) is 30.3 Å². The second kappa shape index (κ2) is 9.08. The molecule has 0 bridgehead atoms. The van der Waals surface area contributed by atoms with Crippen LogP contribution < -0.4 is 20.8 Å². The van der Waals surface area contributed by atoms with Crippen LogP contribution in [0.3, 0.4) is 0 Å². The van der Waals surface area contributed by atoms with Gasteiger partial charge in [0.1, 0.15) is 5.82 Å². The largest absolute Gasteiger partial charge is 0.493 e. The molecule has 2 N–H and O–H groups in total. The van der Waals surface area contributed by atoms with E-state index >= 15 is 0 Å². The number of hydrogen-bond donors (Lipinski definition) is 1. The molecule has 30 heavy (non-hydrogen) atoms. The Hall–Kier alpha value is -3.20. The zero-order valence-corrected chi connectivity index (χ0v) is 18.3. The first-order chi connectivity index (χ1) is 14.3. The van der Waals surface area contributed by atoms with Gasteiger partial charge >= 0.3 is 0 Å². The van der Waals surface area contributed by atoms with Crippen molar-refractivity contribution in [3.8, 4) is 11.5 Å². The molecular formula is C21H21BrN4O4. The predicted molar refractivity (Wildman–Crippen MR) is 118 cm³/mol. The zero-order valence-electron chi connectivity index (χ0n) is 16.8. The summed E-state index contributed by atoms with van der Waals surface area (Å²) in [5, 5.41) is 4.84. The average Bonchev–Trinajstić information content (AvgIpc) is 2.71.